The maximum Gasteiger partial charge on any atom is 0.241 e. The first-order valence-electron chi connectivity index (χ1n) is 5.40. The maximum absolute atomic E-state index is 12.1. The van der Waals surface area contributed by atoms with Gasteiger partial charge in [0, 0.05) is 24.5 Å². The highest BCUT2D eigenvalue weighted by atomic mass is 32.2. The van der Waals surface area contributed by atoms with Gasteiger partial charge in [0.05, 0.1) is 4.90 Å². The molecule has 0 aliphatic rings. The summed E-state index contributed by atoms with van der Waals surface area (Å²) in [6.07, 6.45) is 4.48. The number of nitrogens with two attached hydrogens (primary N) is 2. The van der Waals surface area contributed by atoms with Gasteiger partial charge in [-0.25, -0.2) is 13.1 Å². The summed E-state index contributed by atoms with van der Waals surface area (Å²) in [7, 11) is -3.59. The zero-order chi connectivity index (χ0) is 13.6. The van der Waals surface area contributed by atoms with Gasteiger partial charge >= 0.3 is 0 Å². The second-order valence-electron chi connectivity index (χ2n) is 3.51. The number of benzene rings is 1. The van der Waals surface area contributed by atoms with Crippen molar-refractivity contribution >= 4 is 22.3 Å². The quantitative estimate of drug-likeness (QED) is 0.610. The van der Waals surface area contributed by atoms with Gasteiger partial charge in [-0.1, -0.05) is 30.9 Å². The van der Waals surface area contributed by atoms with Crippen LogP contribution in [0.25, 0.3) is 12.3 Å². The Labute approximate surface area is 107 Å². The van der Waals surface area contributed by atoms with E-state index in [1.165, 1.54) is 18.3 Å². The molecule has 0 aromatic heterocycles. The molecular weight excluding hydrogens is 250 g/mol. The predicted molar refractivity (Wildman–Crippen MR) is 73.2 cm³/mol. The Morgan fingerprint density at radius 3 is 2.67 bits per heavy atom. The molecule has 0 saturated heterocycles. The first-order chi connectivity index (χ1) is 8.56. The highest BCUT2D eigenvalue weighted by molar-refractivity contribution is 7.89. The molecule has 98 valence electrons. The van der Waals surface area contributed by atoms with E-state index in [2.05, 4.69) is 11.3 Å². The van der Waals surface area contributed by atoms with Crippen LogP contribution in [0.3, 0.4) is 0 Å². The van der Waals surface area contributed by atoms with Crippen molar-refractivity contribution in [2.75, 3.05) is 13.1 Å². The summed E-state index contributed by atoms with van der Waals surface area (Å²) < 4.78 is 26.6. The van der Waals surface area contributed by atoms with Crippen LogP contribution in [0.1, 0.15) is 0 Å². The van der Waals surface area contributed by atoms with Crippen molar-refractivity contribution in [2.24, 2.45) is 11.5 Å². The first-order valence-corrected chi connectivity index (χ1v) is 6.88. The monoisotopic (exact) mass is 267 g/mol. The molecule has 0 bridgehead atoms. The van der Waals surface area contributed by atoms with Gasteiger partial charge in [-0.3, -0.25) is 0 Å². The fraction of sp³-hybridized carbons (Fsp3) is 0.167. The van der Waals surface area contributed by atoms with E-state index in [0.29, 0.717) is 10.4 Å². The molecule has 0 aliphatic carbocycles. The van der Waals surface area contributed by atoms with Crippen molar-refractivity contribution in [3.05, 3.63) is 41.3 Å². The van der Waals surface area contributed by atoms with Crippen molar-refractivity contribution in [3.8, 4) is 0 Å². The fourth-order valence-electron chi connectivity index (χ4n) is 1.51. The van der Waals surface area contributed by atoms with Crippen molar-refractivity contribution in [3.63, 3.8) is 0 Å². The Bertz CT molecular complexity index is 636. The molecule has 0 atom stereocenters. The SMILES string of the molecule is C=C/C=c1/c(S(=O)(=O)NCCN)ccc/c1=C/N. The summed E-state index contributed by atoms with van der Waals surface area (Å²) in [4.78, 5) is 0.162. The van der Waals surface area contributed by atoms with E-state index in [9.17, 15) is 8.42 Å². The lowest BCUT2D eigenvalue weighted by molar-refractivity contribution is 0.581. The standard InChI is InChI=1S/C12H17N3O2S/c1-2-4-11-10(9-14)5-3-6-12(11)18(16,17)15-8-7-13/h2-6,9,15H,1,7-8,13-14H2/b10-9-,11-4+. The number of rotatable bonds is 5. The lowest BCUT2D eigenvalue weighted by Gasteiger charge is -2.06. The van der Waals surface area contributed by atoms with Gasteiger partial charge in [0.15, 0.2) is 0 Å². The third kappa shape index (κ3) is 3.19. The molecule has 0 radical (unpaired) electrons. The molecule has 1 rings (SSSR count). The van der Waals surface area contributed by atoms with Crippen LogP contribution in [0.4, 0.5) is 0 Å². The van der Waals surface area contributed by atoms with Crippen molar-refractivity contribution in [1.82, 2.24) is 4.72 Å². The molecular formula is C12H17N3O2S. The molecule has 1 aromatic rings. The van der Waals surface area contributed by atoms with Crippen LogP contribution in [-0.4, -0.2) is 21.5 Å². The summed E-state index contributed by atoms with van der Waals surface area (Å²) in [6.45, 7) is 4.00. The normalized spacial score (nSPS) is 13.8. The fourth-order valence-corrected chi connectivity index (χ4v) is 2.78. The van der Waals surface area contributed by atoms with Crippen LogP contribution < -0.4 is 26.6 Å². The lowest BCUT2D eigenvalue weighted by Crippen LogP contribution is -2.37. The van der Waals surface area contributed by atoms with Gasteiger partial charge in [-0.2, -0.15) is 0 Å². The highest BCUT2D eigenvalue weighted by Crippen LogP contribution is 1.99. The summed E-state index contributed by atoms with van der Waals surface area (Å²) in [5.74, 6) is 0. The van der Waals surface area contributed by atoms with Crippen molar-refractivity contribution in [2.45, 2.75) is 4.90 Å². The molecule has 0 spiro atoms. The lowest BCUT2D eigenvalue weighted by atomic mass is 10.2. The minimum atomic E-state index is -3.59. The van der Waals surface area contributed by atoms with Crippen LogP contribution in [0.5, 0.6) is 0 Å². The van der Waals surface area contributed by atoms with Gasteiger partial charge in [0.1, 0.15) is 0 Å². The Morgan fingerprint density at radius 1 is 1.39 bits per heavy atom. The molecule has 5 nitrogen and oxygen atoms in total. The van der Waals surface area contributed by atoms with Gasteiger partial charge in [-0.05, 0) is 11.3 Å². The molecule has 6 heteroatoms. The molecule has 0 unspecified atom stereocenters. The zero-order valence-electron chi connectivity index (χ0n) is 9.96. The van der Waals surface area contributed by atoms with Crippen molar-refractivity contribution < 1.29 is 8.42 Å². The molecule has 18 heavy (non-hydrogen) atoms. The van der Waals surface area contributed by atoms with Crippen LogP contribution in [-0.2, 0) is 10.0 Å². The van der Waals surface area contributed by atoms with Gasteiger partial charge < -0.3 is 11.5 Å². The second kappa shape index (κ2) is 6.34. The summed E-state index contributed by atoms with van der Waals surface area (Å²) in [5, 5.41) is 1.14. The maximum atomic E-state index is 12.1. The predicted octanol–water partition coefficient (Wildman–Crippen LogP) is -1.41. The molecule has 0 aliphatic heterocycles. The largest absolute Gasteiger partial charge is 0.404 e. The Balaban J connectivity index is 3.52. The van der Waals surface area contributed by atoms with E-state index in [1.54, 1.807) is 18.2 Å². The number of hydrogen-bond acceptors (Lipinski definition) is 4. The van der Waals surface area contributed by atoms with Crippen molar-refractivity contribution in [1.29, 1.82) is 0 Å². The number of hydrogen-bond donors (Lipinski definition) is 3. The summed E-state index contributed by atoms with van der Waals surface area (Å²) in [5.41, 5.74) is 10.8. The van der Waals surface area contributed by atoms with Crippen LogP contribution in [0.2, 0.25) is 0 Å². The Morgan fingerprint density at radius 2 is 2.11 bits per heavy atom. The van der Waals surface area contributed by atoms with Crippen LogP contribution in [0.15, 0.2) is 35.7 Å². The first kappa shape index (κ1) is 14.4. The smallest absolute Gasteiger partial charge is 0.241 e. The second-order valence-corrected chi connectivity index (χ2v) is 5.25. The number of allylic oxidation sites excluding steroid dienone is 1. The average Bonchev–Trinajstić information content (AvgIpc) is 2.37. The highest BCUT2D eigenvalue weighted by Gasteiger charge is 2.14. The van der Waals surface area contributed by atoms with E-state index in [0.717, 1.165) is 0 Å². The van der Waals surface area contributed by atoms with Gasteiger partial charge in [0.2, 0.25) is 10.0 Å². The third-order valence-corrected chi connectivity index (χ3v) is 3.81. The van der Waals surface area contributed by atoms with E-state index < -0.39 is 10.0 Å². The molecule has 0 saturated carbocycles. The molecule has 0 heterocycles. The van der Waals surface area contributed by atoms with E-state index in [-0.39, 0.29) is 18.0 Å². The summed E-state index contributed by atoms with van der Waals surface area (Å²) >= 11 is 0. The Kier molecular flexibility index (Phi) is 5.08. The van der Waals surface area contributed by atoms with Gasteiger partial charge in [-0.15, -0.1) is 0 Å². The number of sulfonamides is 1. The summed E-state index contributed by atoms with van der Waals surface area (Å²) in [6, 6.07) is 4.88. The van der Waals surface area contributed by atoms with E-state index >= 15 is 0 Å². The molecule has 0 fully saturated rings. The third-order valence-electron chi connectivity index (χ3n) is 2.29. The van der Waals surface area contributed by atoms with E-state index in [1.807, 2.05) is 0 Å². The molecule has 5 N–H and O–H groups in total. The zero-order valence-corrected chi connectivity index (χ0v) is 10.8. The van der Waals surface area contributed by atoms with Gasteiger partial charge in [0.25, 0.3) is 0 Å². The van der Waals surface area contributed by atoms with E-state index in [4.69, 9.17) is 11.5 Å². The van der Waals surface area contributed by atoms with Crippen LogP contribution in [0, 0.1) is 0 Å². The topological polar surface area (TPSA) is 98.2 Å². The number of nitrogens with one attached hydrogen (secondary N) is 1. The minimum absolute atomic E-state index is 0.162. The molecule has 0 amide bonds. The van der Waals surface area contributed by atoms with Crippen LogP contribution >= 0.6 is 0 Å². The average molecular weight is 267 g/mol. The molecule has 1 aromatic carbocycles. The Hall–Kier alpha value is -1.63. The minimum Gasteiger partial charge on any atom is -0.404 e.